The van der Waals surface area contributed by atoms with E-state index in [-0.39, 0.29) is 9.45 Å². The van der Waals surface area contributed by atoms with E-state index in [0.29, 0.717) is 0 Å². The Morgan fingerprint density at radius 1 is 1.50 bits per heavy atom. The predicted molar refractivity (Wildman–Crippen MR) is 52.6 cm³/mol. The minimum atomic E-state index is -0.128. The minimum absolute atomic E-state index is 0.128. The molecule has 1 fully saturated rings. The number of nitrogens with zero attached hydrogens (tertiary/aromatic N) is 2. The maximum atomic E-state index is 5.17. The van der Waals surface area contributed by atoms with Gasteiger partial charge in [-0.1, -0.05) is 12.2 Å². The number of rotatable bonds is 0. The highest BCUT2D eigenvalue weighted by Crippen LogP contribution is 2.05. The van der Waals surface area contributed by atoms with Gasteiger partial charge >= 0.3 is 0 Å². The molecule has 10 heavy (non-hydrogen) atoms. The summed E-state index contributed by atoms with van der Waals surface area (Å²) >= 11 is 10.3. The lowest BCUT2D eigenvalue weighted by atomic mass is 10.8. The largest absolute Gasteiger partial charge is 0.347 e. The third-order valence-electron chi connectivity index (χ3n) is 1.30. The predicted octanol–water partition coefficient (Wildman–Crippen LogP) is 0.144. The Morgan fingerprint density at radius 3 is 2.60 bits per heavy atom. The van der Waals surface area contributed by atoms with Gasteiger partial charge in [-0.05, 0) is 27.7 Å². The lowest BCUT2D eigenvalue weighted by Crippen LogP contribution is -2.46. The van der Waals surface area contributed by atoms with E-state index >= 15 is 0 Å². The van der Waals surface area contributed by atoms with Gasteiger partial charge in [0.25, 0.3) is 0 Å². The maximum absolute atomic E-state index is 5.17. The average Bonchev–Trinajstić information content (AvgIpc) is 1.82. The van der Waals surface area contributed by atoms with E-state index in [4.69, 9.17) is 23.4 Å². The van der Waals surface area contributed by atoms with Crippen molar-refractivity contribution >= 4 is 37.2 Å². The topological polar surface area (TPSA) is 6.48 Å². The molecule has 0 saturated carbocycles. The van der Waals surface area contributed by atoms with Gasteiger partial charge in [0.15, 0.2) is 0 Å². The normalized spacial score (nSPS) is 29.2. The van der Waals surface area contributed by atoms with Gasteiger partial charge in [0.2, 0.25) is 0 Å². The van der Waals surface area contributed by atoms with Crippen molar-refractivity contribution in [2.24, 2.45) is 0 Å². The van der Waals surface area contributed by atoms with Gasteiger partial charge in [0.05, 0.1) is 12.5 Å². The zero-order valence-electron chi connectivity index (χ0n) is 6.03. The molecule has 0 bridgehead atoms. The molecule has 0 radical (unpaired) electrons. The van der Waals surface area contributed by atoms with Crippen molar-refractivity contribution in [3.8, 4) is 0 Å². The highest BCUT2D eigenvalue weighted by atomic mass is 32.8. The van der Waals surface area contributed by atoms with Crippen LogP contribution in [0.3, 0.4) is 0 Å². The van der Waals surface area contributed by atoms with Crippen molar-refractivity contribution in [3.63, 3.8) is 0 Å². The Kier molecular flexibility index (Phi) is 2.74. The van der Waals surface area contributed by atoms with Crippen LogP contribution in [0.1, 0.15) is 0 Å². The Bertz CT molecular complexity index is 180. The summed E-state index contributed by atoms with van der Waals surface area (Å²) in [6.45, 7) is 0.916. The smallest absolute Gasteiger partial charge is 0.142 e. The van der Waals surface area contributed by atoms with E-state index < -0.39 is 0 Å². The van der Waals surface area contributed by atoms with Crippen LogP contribution in [0.2, 0.25) is 0 Å². The standard InChI is InChI=1S/C5H10N2S3/c1-6-3-7(2)5(8)10(9)4-6/h3-4H2,1-2H3. The zero-order chi connectivity index (χ0) is 7.72. The van der Waals surface area contributed by atoms with Crippen molar-refractivity contribution in [2.75, 3.05) is 26.6 Å². The average molecular weight is 194 g/mol. The van der Waals surface area contributed by atoms with Crippen molar-refractivity contribution in [2.45, 2.75) is 0 Å². The second kappa shape index (κ2) is 3.21. The van der Waals surface area contributed by atoms with E-state index in [0.717, 1.165) is 16.9 Å². The van der Waals surface area contributed by atoms with E-state index in [1.165, 1.54) is 0 Å². The molecule has 1 saturated heterocycles. The van der Waals surface area contributed by atoms with Crippen LogP contribution in [0.25, 0.3) is 0 Å². The van der Waals surface area contributed by atoms with Crippen molar-refractivity contribution in [1.82, 2.24) is 9.80 Å². The van der Waals surface area contributed by atoms with Crippen molar-refractivity contribution in [3.05, 3.63) is 0 Å². The molecule has 0 aliphatic carbocycles. The molecule has 0 aromatic heterocycles. The zero-order valence-corrected chi connectivity index (χ0v) is 8.48. The SMILES string of the molecule is CN1CN(C)C(=S)S(=S)C1. The molecule has 0 spiro atoms. The first kappa shape index (κ1) is 8.52. The van der Waals surface area contributed by atoms with Crippen LogP contribution in [0.15, 0.2) is 0 Å². The summed E-state index contributed by atoms with van der Waals surface area (Å²) in [5, 5.41) is 0. The lowest BCUT2D eigenvalue weighted by Gasteiger charge is -2.32. The fourth-order valence-corrected chi connectivity index (χ4v) is 3.03. The fourth-order valence-electron chi connectivity index (χ4n) is 0.890. The van der Waals surface area contributed by atoms with Crippen LogP contribution in [-0.2, 0) is 20.6 Å². The summed E-state index contributed by atoms with van der Waals surface area (Å²) < 4.78 is 0.938. The number of hydrogen-bond acceptors (Lipinski definition) is 3. The molecule has 1 rings (SSSR count). The Hall–Kier alpha value is 0.420. The molecule has 1 heterocycles. The number of hydrogen-bond donors (Lipinski definition) is 0. The van der Waals surface area contributed by atoms with Gasteiger partial charge in [-0.25, -0.2) is 0 Å². The van der Waals surface area contributed by atoms with Crippen LogP contribution in [-0.4, -0.2) is 40.8 Å². The van der Waals surface area contributed by atoms with Crippen LogP contribution in [0.4, 0.5) is 0 Å². The van der Waals surface area contributed by atoms with Crippen LogP contribution < -0.4 is 0 Å². The third-order valence-corrected chi connectivity index (χ3v) is 4.70. The van der Waals surface area contributed by atoms with E-state index in [2.05, 4.69) is 11.9 Å². The first-order valence-corrected chi connectivity index (χ1v) is 5.66. The van der Waals surface area contributed by atoms with Crippen LogP contribution in [0.5, 0.6) is 0 Å². The van der Waals surface area contributed by atoms with Gasteiger partial charge in [-0.15, -0.1) is 0 Å². The molecule has 0 aromatic carbocycles. The van der Waals surface area contributed by atoms with Gasteiger partial charge < -0.3 is 4.90 Å². The van der Waals surface area contributed by atoms with Crippen LogP contribution >= 0.6 is 12.2 Å². The summed E-state index contributed by atoms with van der Waals surface area (Å²) in [6, 6.07) is 0. The molecule has 1 aliphatic heterocycles. The van der Waals surface area contributed by atoms with Gasteiger partial charge in [0, 0.05) is 7.05 Å². The Morgan fingerprint density at radius 2 is 2.10 bits per heavy atom. The highest BCUT2D eigenvalue weighted by molar-refractivity contribution is 8.41. The molecule has 0 aromatic rings. The molecule has 58 valence electrons. The molecule has 1 atom stereocenters. The van der Waals surface area contributed by atoms with E-state index in [1.54, 1.807) is 0 Å². The molecular weight excluding hydrogens is 184 g/mol. The van der Waals surface area contributed by atoms with Gasteiger partial charge in [0.1, 0.15) is 4.32 Å². The third kappa shape index (κ3) is 1.72. The van der Waals surface area contributed by atoms with Crippen molar-refractivity contribution in [1.29, 1.82) is 0 Å². The fraction of sp³-hybridized carbons (Fsp3) is 0.800. The Balaban J connectivity index is 2.66. The first-order chi connectivity index (χ1) is 4.61. The quantitative estimate of drug-likeness (QED) is 0.506. The van der Waals surface area contributed by atoms with Crippen LogP contribution in [0, 0.1) is 0 Å². The molecule has 1 unspecified atom stereocenters. The first-order valence-electron chi connectivity index (χ1n) is 2.93. The summed E-state index contributed by atoms with van der Waals surface area (Å²) in [4.78, 5) is 4.22. The van der Waals surface area contributed by atoms with Gasteiger partial charge in [-0.3, -0.25) is 4.90 Å². The molecular formula is C5H10N2S3. The van der Waals surface area contributed by atoms with E-state index in [9.17, 15) is 0 Å². The summed E-state index contributed by atoms with van der Waals surface area (Å²) in [5.41, 5.74) is 0. The second-order valence-corrected chi connectivity index (χ2v) is 5.62. The maximum Gasteiger partial charge on any atom is 0.142 e. The van der Waals surface area contributed by atoms with Gasteiger partial charge in [-0.2, -0.15) is 0 Å². The minimum Gasteiger partial charge on any atom is -0.347 e. The van der Waals surface area contributed by atoms with Crippen molar-refractivity contribution < 1.29 is 0 Å². The van der Waals surface area contributed by atoms with E-state index in [1.807, 2.05) is 11.9 Å². The Labute approximate surface area is 73.8 Å². The molecule has 5 heteroatoms. The highest BCUT2D eigenvalue weighted by Gasteiger charge is 2.17. The monoisotopic (exact) mass is 194 g/mol. The molecule has 0 amide bonds. The lowest BCUT2D eigenvalue weighted by molar-refractivity contribution is 0.277. The molecule has 1 aliphatic rings. The number of thiocarbonyl (C=S) groups is 1. The molecule has 2 nitrogen and oxygen atoms in total. The summed E-state index contributed by atoms with van der Waals surface area (Å²) in [7, 11) is 3.92. The second-order valence-electron chi connectivity index (χ2n) is 2.44. The molecule has 0 N–H and O–H groups in total. The summed E-state index contributed by atoms with van der Waals surface area (Å²) in [6.07, 6.45) is 0. The summed E-state index contributed by atoms with van der Waals surface area (Å²) in [5.74, 6) is 0.943.